The van der Waals surface area contributed by atoms with Crippen molar-refractivity contribution in [1.29, 1.82) is 0 Å². The van der Waals surface area contributed by atoms with Crippen molar-refractivity contribution in [3.63, 3.8) is 0 Å². The zero-order valence-electron chi connectivity index (χ0n) is 7.32. The maximum absolute atomic E-state index is 10.4. The van der Waals surface area contributed by atoms with E-state index in [0.29, 0.717) is 12.7 Å². The fourth-order valence-electron chi connectivity index (χ4n) is 0.716. The van der Waals surface area contributed by atoms with Crippen LogP contribution in [-0.2, 0) is 14.3 Å². The van der Waals surface area contributed by atoms with Crippen LogP contribution in [0.4, 0.5) is 0 Å². The van der Waals surface area contributed by atoms with Crippen LogP contribution in [0, 0.1) is 0 Å². The molecule has 0 unspecified atom stereocenters. The molecule has 13 heavy (non-hydrogen) atoms. The van der Waals surface area contributed by atoms with Crippen molar-refractivity contribution >= 4 is 11.9 Å². The summed E-state index contributed by atoms with van der Waals surface area (Å²) in [6, 6.07) is 0. The van der Waals surface area contributed by atoms with Crippen LogP contribution in [0.5, 0.6) is 0 Å². The van der Waals surface area contributed by atoms with Gasteiger partial charge in [0.15, 0.2) is 0 Å². The van der Waals surface area contributed by atoms with Crippen LogP contribution in [0.25, 0.3) is 0 Å². The molecule has 0 bridgehead atoms. The first-order valence-corrected chi connectivity index (χ1v) is 3.82. The van der Waals surface area contributed by atoms with E-state index in [1.807, 2.05) is 0 Å². The first kappa shape index (κ1) is 11.6. The molecule has 5 heteroatoms. The van der Waals surface area contributed by atoms with Crippen LogP contribution in [0.15, 0.2) is 11.6 Å². The van der Waals surface area contributed by atoms with Gasteiger partial charge < -0.3 is 14.9 Å². The molecule has 5 nitrogen and oxygen atoms in total. The van der Waals surface area contributed by atoms with E-state index in [4.69, 9.17) is 14.9 Å². The molecule has 0 aromatic rings. The van der Waals surface area contributed by atoms with Crippen molar-refractivity contribution in [1.82, 2.24) is 0 Å². The molecule has 74 valence electrons. The van der Waals surface area contributed by atoms with Crippen LogP contribution in [0.2, 0.25) is 0 Å². The summed E-state index contributed by atoms with van der Waals surface area (Å²) in [5.41, 5.74) is -0.152. The molecule has 0 saturated carbocycles. The average molecular weight is 188 g/mol. The normalized spacial score (nSPS) is 11.3. The number of carboxylic acids is 2. The molecule has 0 saturated heterocycles. The van der Waals surface area contributed by atoms with Crippen LogP contribution >= 0.6 is 0 Å². The van der Waals surface area contributed by atoms with Crippen molar-refractivity contribution in [3.05, 3.63) is 11.6 Å². The van der Waals surface area contributed by atoms with Crippen LogP contribution < -0.4 is 0 Å². The standard InChI is InChI=1S/C8H12O5/c1-2-13-4-3-6(8(11)12)5-7(9)10/h5H,2-4H2,1H3,(H,9,10)(H,11,12)/b6-5-. The first-order valence-electron chi connectivity index (χ1n) is 3.82. The number of hydrogen-bond donors (Lipinski definition) is 2. The minimum Gasteiger partial charge on any atom is -0.478 e. The third-order valence-electron chi connectivity index (χ3n) is 1.29. The fourth-order valence-corrected chi connectivity index (χ4v) is 0.716. The summed E-state index contributed by atoms with van der Waals surface area (Å²) in [5.74, 6) is -2.48. The van der Waals surface area contributed by atoms with Gasteiger partial charge in [0.1, 0.15) is 0 Å². The predicted octanol–water partition coefficient (Wildman–Crippen LogP) is 0.509. The van der Waals surface area contributed by atoms with Crippen molar-refractivity contribution in [2.75, 3.05) is 13.2 Å². The zero-order valence-corrected chi connectivity index (χ0v) is 7.32. The van der Waals surface area contributed by atoms with E-state index in [1.165, 1.54) is 0 Å². The van der Waals surface area contributed by atoms with E-state index in [-0.39, 0.29) is 18.6 Å². The van der Waals surface area contributed by atoms with Gasteiger partial charge in [-0.15, -0.1) is 0 Å². The molecule has 0 heterocycles. The van der Waals surface area contributed by atoms with Crippen molar-refractivity contribution in [3.8, 4) is 0 Å². The lowest BCUT2D eigenvalue weighted by atomic mass is 10.2. The molecule has 0 aliphatic heterocycles. The van der Waals surface area contributed by atoms with Gasteiger partial charge in [-0.25, -0.2) is 9.59 Å². The lowest BCUT2D eigenvalue weighted by Crippen LogP contribution is -2.07. The molecule has 0 aliphatic carbocycles. The first-order chi connectivity index (χ1) is 6.07. The molecule has 0 aromatic heterocycles. The summed E-state index contributed by atoms with van der Waals surface area (Å²) in [5, 5.41) is 16.8. The summed E-state index contributed by atoms with van der Waals surface area (Å²) in [7, 11) is 0. The molecular formula is C8H12O5. The number of aliphatic carboxylic acids is 2. The van der Waals surface area contributed by atoms with E-state index in [9.17, 15) is 9.59 Å². The lowest BCUT2D eigenvalue weighted by Gasteiger charge is -2.01. The predicted molar refractivity (Wildman–Crippen MR) is 44.5 cm³/mol. The highest BCUT2D eigenvalue weighted by Gasteiger charge is 2.08. The summed E-state index contributed by atoms with van der Waals surface area (Å²) in [6.45, 7) is 2.49. The average Bonchev–Trinajstić information content (AvgIpc) is 2.02. The fraction of sp³-hybridized carbons (Fsp3) is 0.500. The Morgan fingerprint density at radius 3 is 2.38 bits per heavy atom. The topological polar surface area (TPSA) is 83.8 Å². The van der Waals surface area contributed by atoms with Crippen LogP contribution in [0.3, 0.4) is 0 Å². The molecule has 0 aliphatic rings. The third-order valence-corrected chi connectivity index (χ3v) is 1.29. The molecule has 0 fully saturated rings. The number of rotatable bonds is 6. The Balaban J connectivity index is 4.11. The molecule has 2 N–H and O–H groups in total. The largest absolute Gasteiger partial charge is 0.478 e. The second kappa shape index (κ2) is 6.19. The Bertz CT molecular complexity index is 219. The number of carboxylic acid groups (broad SMARTS) is 2. The number of hydrogen-bond acceptors (Lipinski definition) is 3. The van der Waals surface area contributed by atoms with Gasteiger partial charge in [-0.05, 0) is 6.92 Å². The van der Waals surface area contributed by atoms with E-state index in [0.717, 1.165) is 0 Å². The summed E-state index contributed by atoms with van der Waals surface area (Å²) in [4.78, 5) is 20.6. The maximum Gasteiger partial charge on any atom is 0.331 e. The van der Waals surface area contributed by atoms with Gasteiger partial charge in [0.25, 0.3) is 0 Å². The smallest absolute Gasteiger partial charge is 0.331 e. The van der Waals surface area contributed by atoms with E-state index >= 15 is 0 Å². The van der Waals surface area contributed by atoms with E-state index < -0.39 is 11.9 Å². The quantitative estimate of drug-likeness (QED) is 0.468. The second-order valence-electron chi connectivity index (χ2n) is 2.26. The van der Waals surface area contributed by atoms with Gasteiger partial charge in [-0.3, -0.25) is 0 Å². The number of carbonyl (C=O) groups is 2. The van der Waals surface area contributed by atoms with E-state index in [2.05, 4.69) is 0 Å². The summed E-state index contributed by atoms with van der Waals surface area (Å²) in [6.07, 6.45) is 0.789. The van der Waals surface area contributed by atoms with Crippen molar-refractivity contribution in [2.45, 2.75) is 13.3 Å². The SMILES string of the molecule is CCOCC/C(=C/C(=O)O)C(=O)O. The molecule has 0 radical (unpaired) electrons. The Labute approximate surface area is 75.6 Å². The van der Waals surface area contributed by atoms with Gasteiger partial charge in [-0.1, -0.05) is 0 Å². The Morgan fingerprint density at radius 2 is 2.00 bits per heavy atom. The van der Waals surface area contributed by atoms with Gasteiger partial charge >= 0.3 is 11.9 Å². The molecule has 0 amide bonds. The van der Waals surface area contributed by atoms with E-state index in [1.54, 1.807) is 6.92 Å². The third kappa shape index (κ3) is 5.86. The highest BCUT2D eigenvalue weighted by atomic mass is 16.5. The monoisotopic (exact) mass is 188 g/mol. The van der Waals surface area contributed by atoms with Gasteiger partial charge in [0, 0.05) is 24.7 Å². The molecule has 0 atom stereocenters. The lowest BCUT2D eigenvalue weighted by molar-refractivity contribution is -0.135. The summed E-state index contributed by atoms with van der Waals surface area (Å²) < 4.78 is 4.90. The minimum atomic E-state index is -1.26. The molecule has 0 spiro atoms. The van der Waals surface area contributed by atoms with Crippen molar-refractivity contribution in [2.24, 2.45) is 0 Å². The number of ether oxygens (including phenoxy) is 1. The Kier molecular flexibility index (Phi) is 5.54. The van der Waals surface area contributed by atoms with Crippen LogP contribution in [0.1, 0.15) is 13.3 Å². The zero-order chi connectivity index (χ0) is 10.3. The minimum absolute atomic E-state index is 0.107. The van der Waals surface area contributed by atoms with Gasteiger partial charge in [-0.2, -0.15) is 0 Å². The second-order valence-corrected chi connectivity index (χ2v) is 2.26. The highest BCUT2D eigenvalue weighted by molar-refractivity contribution is 5.94. The maximum atomic E-state index is 10.4. The molecular weight excluding hydrogens is 176 g/mol. The summed E-state index contributed by atoms with van der Waals surface area (Å²) >= 11 is 0. The van der Waals surface area contributed by atoms with Crippen LogP contribution in [-0.4, -0.2) is 35.4 Å². The van der Waals surface area contributed by atoms with Gasteiger partial charge in [0.2, 0.25) is 0 Å². The molecule has 0 rings (SSSR count). The Morgan fingerprint density at radius 1 is 1.38 bits per heavy atom. The Hall–Kier alpha value is -1.36. The van der Waals surface area contributed by atoms with Crippen molar-refractivity contribution < 1.29 is 24.5 Å². The highest BCUT2D eigenvalue weighted by Crippen LogP contribution is 2.01. The van der Waals surface area contributed by atoms with Gasteiger partial charge in [0.05, 0.1) is 6.61 Å². The molecule has 0 aromatic carbocycles.